The highest BCUT2D eigenvalue weighted by Gasteiger charge is 2.11. The summed E-state index contributed by atoms with van der Waals surface area (Å²) in [5.41, 5.74) is 2.19. The molecule has 0 heterocycles. The second-order valence-corrected chi connectivity index (χ2v) is 4.77. The zero-order chi connectivity index (χ0) is 11.9. The van der Waals surface area contributed by atoms with E-state index in [4.69, 9.17) is 0 Å². The molecule has 2 rings (SSSR count). The highest BCUT2D eigenvalue weighted by molar-refractivity contribution is 5.96. The van der Waals surface area contributed by atoms with Crippen molar-refractivity contribution in [1.82, 2.24) is 0 Å². The Bertz CT molecular complexity index is 389. The molecule has 0 N–H and O–H groups in total. The van der Waals surface area contributed by atoms with Gasteiger partial charge in [0, 0.05) is 6.42 Å². The van der Waals surface area contributed by atoms with Gasteiger partial charge in [-0.25, -0.2) is 0 Å². The Hall–Kier alpha value is -1.37. The molecule has 17 heavy (non-hydrogen) atoms. The summed E-state index contributed by atoms with van der Waals surface area (Å²) < 4.78 is 0. The van der Waals surface area contributed by atoms with E-state index in [-0.39, 0.29) is 0 Å². The molecular weight excluding hydrogens is 208 g/mol. The first-order valence-corrected chi connectivity index (χ1v) is 6.62. The van der Waals surface area contributed by atoms with Crippen LogP contribution in [0.25, 0.3) is 0 Å². The lowest BCUT2D eigenvalue weighted by Crippen LogP contribution is -2.07. The molecule has 0 amide bonds. The van der Waals surface area contributed by atoms with Crippen LogP contribution in [0.5, 0.6) is 0 Å². The summed E-state index contributed by atoms with van der Waals surface area (Å²) in [4.78, 5) is 12.2. The molecule has 0 bridgehead atoms. The van der Waals surface area contributed by atoms with E-state index in [2.05, 4.69) is 6.08 Å². The molecule has 1 aromatic carbocycles. The number of benzene rings is 1. The van der Waals surface area contributed by atoms with E-state index in [9.17, 15) is 4.79 Å². The average Bonchev–Trinajstić information content (AvgIpc) is 2.29. The first kappa shape index (κ1) is 12.1. The molecule has 0 atom stereocenters. The quantitative estimate of drug-likeness (QED) is 0.762. The SMILES string of the molecule is O=C(Cc1ccccc1)C1=CCCCCCC1. The molecular formula is C16H20O. The molecule has 1 aromatic rings. The van der Waals surface area contributed by atoms with Crippen molar-refractivity contribution in [2.24, 2.45) is 0 Å². The number of rotatable bonds is 3. The fourth-order valence-corrected chi connectivity index (χ4v) is 2.34. The van der Waals surface area contributed by atoms with Gasteiger partial charge in [-0.05, 0) is 36.8 Å². The van der Waals surface area contributed by atoms with Gasteiger partial charge >= 0.3 is 0 Å². The van der Waals surface area contributed by atoms with E-state index in [1.54, 1.807) is 0 Å². The van der Waals surface area contributed by atoms with Crippen LogP contribution in [0.4, 0.5) is 0 Å². The topological polar surface area (TPSA) is 17.1 Å². The third kappa shape index (κ3) is 3.85. The van der Waals surface area contributed by atoms with Crippen LogP contribution in [0.2, 0.25) is 0 Å². The van der Waals surface area contributed by atoms with Gasteiger partial charge in [-0.15, -0.1) is 0 Å². The van der Waals surface area contributed by atoms with Gasteiger partial charge in [0.05, 0.1) is 0 Å². The zero-order valence-electron chi connectivity index (χ0n) is 10.3. The minimum atomic E-state index is 0.318. The van der Waals surface area contributed by atoms with E-state index >= 15 is 0 Å². The van der Waals surface area contributed by atoms with Crippen LogP contribution < -0.4 is 0 Å². The molecule has 0 unspecified atom stereocenters. The summed E-state index contributed by atoms with van der Waals surface area (Å²) in [6.07, 6.45) is 9.79. The second-order valence-electron chi connectivity index (χ2n) is 4.77. The predicted molar refractivity (Wildman–Crippen MR) is 70.9 cm³/mol. The van der Waals surface area contributed by atoms with E-state index in [1.807, 2.05) is 30.3 Å². The lowest BCUT2D eigenvalue weighted by Gasteiger charge is -2.10. The van der Waals surface area contributed by atoms with Gasteiger partial charge < -0.3 is 0 Å². The molecule has 0 aliphatic heterocycles. The Balaban J connectivity index is 1.99. The zero-order valence-corrected chi connectivity index (χ0v) is 10.3. The molecule has 1 heteroatoms. The van der Waals surface area contributed by atoms with E-state index < -0.39 is 0 Å². The molecule has 0 aromatic heterocycles. The monoisotopic (exact) mass is 228 g/mol. The van der Waals surface area contributed by atoms with Crippen molar-refractivity contribution in [3.8, 4) is 0 Å². The van der Waals surface area contributed by atoms with Gasteiger partial charge in [0.2, 0.25) is 0 Å². The van der Waals surface area contributed by atoms with Gasteiger partial charge in [0.15, 0.2) is 5.78 Å². The molecule has 1 nitrogen and oxygen atoms in total. The third-order valence-corrected chi connectivity index (χ3v) is 3.36. The van der Waals surface area contributed by atoms with Crippen molar-refractivity contribution < 1.29 is 4.79 Å². The van der Waals surface area contributed by atoms with Crippen LogP contribution in [0.3, 0.4) is 0 Å². The lowest BCUT2D eigenvalue weighted by atomic mass is 9.94. The Morgan fingerprint density at radius 3 is 2.59 bits per heavy atom. The molecule has 1 aliphatic rings. The van der Waals surface area contributed by atoms with Gasteiger partial charge in [0.25, 0.3) is 0 Å². The number of Topliss-reactive ketones (excluding diaryl/α,β-unsaturated/α-hetero) is 1. The van der Waals surface area contributed by atoms with Crippen molar-refractivity contribution in [3.05, 3.63) is 47.5 Å². The maximum absolute atomic E-state index is 12.2. The normalized spacial score (nSPS) is 16.8. The Morgan fingerprint density at radius 1 is 1.00 bits per heavy atom. The summed E-state index contributed by atoms with van der Waals surface area (Å²) in [5.74, 6) is 0.318. The number of carbonyl (C=O) groups excluding carboxylic acids is 1. The van der Waals surface area contributed by atoms with E-state index in [1.165, 1.54) is 25.7 Å². The summed E-state index contributed by atoms with van der Waals surface area (Å²) in [6, 6.07) is 10.0. The minimum Gasteiger partial charge on any atom is -0.294 e. The lowest BCUT2D eigenvalue weighted by molar-refractivity contribution is -0.115. The standard InChI is InChI=1S/C16H20O/c17-16(13-14-9-5-4-6-10-14)15-11-7-2-1-3-8-12-15/h4-6,9-11H,1-3,7-8,12-13H2. The predicted octanol–water partition coefficient (Wildman–Crippen LogP) is 4.08. The van der Waals surface area contributed by atoms with Crippen molar-refractivity contribution >= 4 is 5.78 Å². The van der Waals surface area contributed by atoms with Gasteiger partial charge in [-0.1, -0.05) is 49.2 Å². The van der Waals surface area contributed by atoms with Crippen LogP contribution >= 0.6 is 0 Å². The Labute approximate surface area is 104 Å². The van der Waals surface area contributed by atoms with E-state index in [0.717, 1.165) is 24.0 Å². The van der Waals surface area contributed by atoms with Crippen LogP contribution in [0.1, 0.15) is 44.1 Å². The molecule has 0 saturated heterocycles. The number of allylic oxidation sites excluding steroid dienone is 2. The maximum Gasteiger partial charge on any atom is 0.162 e. The van der Waals surface area contributed by atoms with Gasteiger partial charge in [0.1, 0.15) is 0 Å². The number of hydrogen-bond acceptors (Lipinski definition) is 1. The van der Waals surface area contributed by atoms with Crippen LogP contribution in [-0.4, -0.2) is 5.78 Å². The van der Waals surface area contributed by atoms with Gasteiger partial charge in [-0.3, -0.25) is 4.79 Å². The first-order valence-electron chi connectivity index (χ1n) is 6.62. The fourth-order valence-electron chi connectivity index (χ4n) is 2.34. The summed E-state index contributed by atoms with van der Waals surface area (Å²) in [5, 5.41) is 0. The fraction of sp³-hybridized carbons (Fsp3) is 0.438. The number of ketones is 1. The smallest absolute Gasteiger partial charge is 0.162 e. The maximum atomic E-state index is 12.2. The summed E-state index contributed by atoms with van der Waals surface area (Å²) >= 11 is 0. The van der Waals surface area contributed by atoms with Crippen LogP contribution in [0.15, 0.2) is 42.0 Å². The average molecular weight is 228 g/mol. The molecule has 0 radical (unpaired) electrons. The summed E-state index contributed by atoms with van der Waals surface area (Å²) in [7, 11) is 0. The highest BCUT2D eigenvalue weighted by atomic mass is 16.1. The van der Waals surface area contributed by atoms with Gasteiger partial charge in [-0.2, -0.15) is 0 Å². The van der Waals surface area contributed by atoms with Crippen molar-refractivity contribution in [3.63, 3.8) is 0 Å². The summed E-state index contributed by atoms with van der Waals surface area (Å²) in [6.45, 7) is 0. The van der Waals surface area contributed by atoms with Crippen molar-refractivity contribution in [1.29, 1.82) is 0 Å². The molecule has 0 spiro atoms. The molecule has 0 fully saturated rings. The van der Waals surface area contributed by atoms with Crippen LogP contribution in [0, 0.1) is 0 Å². The first-order chi connectivity index (χ1) is 8.36. The molecule has 90 valence electrons. The largest absolute Gasteiger partial charge is 0.294 e. The van der Waals surface area contributed by atoms with Crippen molar-refractivity contribution in [2.75, 3.05) is 0 Å². The molecule has 1 aliphatic carbocycles. The number of carbonyl (C=O) groups is 1. The molecule has 0 saturated carbocycles. The van der Waals surface area contributed by atoms with Crippen LogP contribution in [-0.2, 0) is 11.2 Å². The highest BCUT2D eigenvalue weighted by Crippen LogP contribution is 2.19. The third-order valence-electron chi connectivity index (χ3n) is 3.36. The second kappa shape index (κ2) is 6.39. The van der Waals surface area contributed by atoms with Crippen molar-refractivity contribution in [2.45, 2.75) is 44.9 Å². The number of hydrogen-bond donors (Lipinski definition) is 0. The van der Waals surface area contributed by atoms with E-state index in [0.29, 0.717) is 12.2 Å². The minimum absolute atomic E-state index is 0.318. The Kier molecular flexibility index (Phi) is 4.54. The Morgan fingerprint density at radius 2 is 1.76 bits per heavy atom.